The van der Waals surface area contributed by atoms with Gasteiger partial charge in [0.1, 0.15) is 0 Å². The molecule has 0 unspecified atom stereocenters. The predicted molar refractivity (Wildman–Crippen MR) is 45.3 cm³/mol. The van der Waals surface area contributed by atoms with Gasteiger partial charge in [0.25, 0.3) is 0 Å². The maximum Gasteiger partial charge on any atom is 1.00 e. The normalized spacial score (nSPS) is 6.64. The first-order chi connectivity index (χ1) is 3.93. The van der Waals surface area contributed by atoms with Crippen LogP contribution >= 0.6 is 0 Å². The third-order valence-electron chi connectivity index (χ3n) is 1.05. The molecule has 2 heteroatoms. The Morgan fingerprint density at radius 3 is 2.36 bits per heavy atom. The molecule has 0 saturated carbocycles. The Bertz CT molecular complexity index is 151. The molecule has 0 spiro atoms. The zero-order valence-corrected chi connectivity index (χ0v) is 11.0. The van der Waals surface area contributed by atoms with E-state index in [2.05, 4.69) is 18.1 Å². The van der Waals surface area contributed by atoms with Gasteiger partial charge in [-0.05, 0) is 0 Å². The molecule has 0 radical (unpaired) electrons. The smallest absolute Gasteiger partial charge is 0.394 e. The summed E-state index contributed by atoms with van der Waals surface area (Å²) < 4.78 is 0. The summed E-state index contributed by atoms with van der Waals surface area (Å²) in [5, 5.41) is 0. The monoisotopic (exact) mass is 175 g/mol. The molecule has 0 fully saturated rings. The minimum absolute atomic E-state index is 0. The third kappa shape index (κ3) is 7.16. The van der Waals surface area contributed by atoms with E-state index in [0.29, 0.717) is 0 Å². The van der Waals surface area contributed by atoms with Crippen molar-refractivity contribution in [1.82, 2.24) is 4.98 Å². The van der Waals surface area contributed by atoms with E-state index in [0.717, 1.165) is 6.42 Å². The topological polar surface area (TPSA) is 12.9 Å². The van der Waals surface area contributed by atoms with Gasteiger partial charge >= 0.3 is 51.4 Å². The first-order valence-electron chi connectivity index (χ1n) is 2.75. The molecule has 0 aliphatic heterocycles. The van der Waals surface area contributed by atoms with Gasteiger partial charge in [-0.25, -0.2) is 0 Å². The minimum atomic E-state index is 0. The molecule has 0 aliphatic carbocycles. The molecule has 1 aromatic rings. The molecule has 0 amide bonds. The van der Waals surface area contributed by atoms with E-state index < -0.39 is 0 Å². The van der Waals surface area contributed by atoms with Crippen molar-refractivity contribution in [3.05, 3.63) is 44.9 Å². The molecule has 1 aromatic heterocycles. The number of aryl methyl sites for hydroxylation is 1. The van der Waals surface area contributed by atoms with Crippen LogP contribution in [-0.4, -0.2) is 4.98 Å². The van der Waals surface area contributed by atoms with Crippen molar-refractivity contribution in [2.75, 3.05) is 0 Å². The summed E-state index contributed by atoms with van der Waals surface area (Å²) in [6.45, 7) is 2.09. The van der Waals surface area contributed by atoms with Crippen LogP contribution in [0.4, 0.5) is 0 Å². The predicted octanol–water partition coefficient (Wildman–Crippen LogP) is -0.651. The molecule has 0 bridgehead atoms. The van der Waals surface area contributed by atoms with Crippen molar-refractivity contribution < 1.29 is 51.4 Å². The van der Waals surface area contributed by atoms with E-state index in [4.69, 9.17) is 0 Å². The third-order valence-corrected chi connectivity index (χ3v) is 1.05. The fraction of sp³-hybridized carbons (Fsp3) is 0.222. The summed E-state index contributed by atoms with van der Waals surface area (Å²) in [6, 6.07) is 3.95. The van der Waals surface area contributed by atoms with Crippen LogP contribution in [0.3, 0.4) is 0 Å². The summed E-state index contributed by atoms with van der Waals surface area (Å²) in [5.74, 6) is 0. The molecular formula is C9H14KN-2. The fourth-order valence-corrected chi connectivity index (χ4v) is 0.557. The van der Waals surface area contributed by atoms with Crippen molar-refractivity contribution in [3.63, 3.8) is 0 Å². The Kier molecular flexibility index (Phi) is 17.4. The summed E-state index contributed by atoms with van der Waals surface area (Å²) in [7, 11) is 0. The van der Waals surface area contributed by atoms with Gasteiger partial charge in [-0.2, -0.15) is 12.1 Å². The van der Waals surface area contributed by atoms with Crippen LogP contribution in [0.25, 0.3) is 0 Å². The van der Waals surface area contributed by atoms with Gasteiger partial charge in [-0.15, -0.1) is 5.56 Å². The van der Waals surface area contributed by atoms with E-state index in [1.807, 2.05) is 12.1 Å². The number of pyridine rings is 1. The van der Waals surface area contributed by atoms with Crippen molar-refractivity contribution >= 4 is 0 Å². The van der Waals surface area contributed by atoms with Gasteiger partial charge < -0.3 is 19.8 Å². The molecular weight excluding hydrogens is 161 g/mol. The van der Waals surface area contributed by atoms with E-state index in [9.17, 15) is 0 Å². The maximum absolute atomic E-state index is 3.83. The largest absolute Gasteiger partial charge is 1.00 e. The van der Waals surface area contributed by atoms with E-state index in [1.165, 1.54) is 5.56 Å². The van der Waals surface area contributed by atoms with Gasteiger partial charge in [-0.3, -0.25) is 0 Å². The second kappa shape index (κ2) is 10.8. The van der Waals surface area contributed by atoms with Gasteiger partial charge in [0.05, 0.1) is 0 Å². The van der Waals surface area contributed by atoms with Crippen LogP contribution in [-0.2, 0) is 6.42 Å². The molecule has 1 heterocycles. The van der Waals surface area contributed by atoms with Crippen LogP contribution in [0.15, 0.2) is 18.3 Å². The number of aromatic nitrogens is 1. The Morgan fingerprint density at radius 2 is 2.09 bits per heavy atom. The molecule has 1 nitrogen and oxygen atoms in total. The maximum atomic E-state index is 3.83. The molecule has 0 atom stereocenters. The number of hydrogen-bond donors (Lipinski definition) is 0. The summed E-state index contributed by atoms with van der Waals surface area (Å²) in [5.41, 5.74) is 1.17. The summed E-state index contributed by atoms with van der Waals surface area (Å²) in [4.78, 5) is 3.83. The van der Waals surface area contributed by atoms with Gasteiger partial charge in [0, 0.05) is 0 Å². The number of nitrogens with zero attached hydrogens (tertiary/aromatic N) is 1. The second-order valence-electron chi connectivity index (χ2n) is 1.63. The second-order valence-corrected chi connectivity index (χ2v) is 1.63. The fourth-order valence-electron chi connectivity index (χ4n) is 0.557. The quantitative estimate of drug-likeness (QED) is 0.408. The van der Waals surface area contributed by atoms with Gasteiger partial charge in [0.2, 0.25) is 0 Å². The van der Waals surface area contributed by atoms with Crippen molar-refractivity contribution in [2.45, 2.75) is 13.3 Å². The average molecular weight is 175 g/mol. The standard InChI is InChI=1S/C7H8N.2CH3.K/c1-2-7-4-3-5-8-6-7;;;/h3-5H,2H2,1H3;2*1H3;/q3*-1;+1. The molecule has 11 heavy (non-hydrogen) atoms. The number of hydrogen-bond acceptors (Lipinski definition) is 1. The number of rotatable bonds is 1. The Labute approximate surface area is 113 Å². The van der Waals surface area contributed by atoms with E-state index in [-0.39, 0.29) is 66.2 Å². The Morgan fingerprint density at radius 1 is 1.45 bits per heavy atom. The Balaban J connectivity index is -0.000000213. The molecule has 0 saturated heterocycles. The average Bonchev–Trinajstić information content (AvgIpc) is 1.90. The summed E-state index contributed by atoms with van der Waals surface area (Å²) >= 11 is 0. The SMILES string of the molecule is CCc1[c-]nccc1.[CH3-].[CH3-].[K+]. The zero-order chi connectivity index (χ0) is 5.82. The Hall–Kier alpha value is 0.786. The van der Waals surface area contributed by atoms with Crippen LogP contribution < -0.4 is 51.4 Å². The molecule has 0 aromatic carbocycles. The van der Waals surface area contributed by atoms with Crippen molar-refractivity contribution in [1.29, 1.82) is 0 Å². The van der Waals surface area contributed by atoms with Crippen LogP contribution in [0.5, 0.6) is 0 Å². The molecule has 0 N–H and O–H groups in total. The van der Waals surface area contributed by atoms with Crippen LogP contribution in [0, 0.1) is 21.1 Å². The van der Waals surface area contributed by atoms with Crippen LogP contribution in [0.2, 0.25) is 0 Å². The van der Waals surface area contributed by atoms with E-state index >= 15 is 0 Å². The molecule has 0 aliphatic rings. The van der Waals surface area contributed by atoms with E-state index in [1.54, 1.807) is 6.20 Å². The zero-order valence-electron chi connectivity index (χ0n) is 7.89. The van der Waals surface area contributed by atoms with Crippen molar-refractivity contribution in [2.24, 2.45) is 0 Å². The minimum Gasteiger partial charge on any atom is -0.394 e. The summed E-state index contributed by atoms with van der Waals surface area (Å²) in [6.07, 6.45) is 5.62. The van der Waals surface area contributed by atoms with Gasteiger partial charge in [0.15, 0.2) is 0 Å². The first-order valence-corrected chi connectivity index (χ1v) is 2.75. The van der Waals surface area contributed by atoms with Gasteiger partial charge in [-0.1, -0.05) is 25.7 Å². The molecule has 58 valence electrons. The van der Waals surface area contributed by atoms with Crippen molar-refractivity contribution in [3.8, 4) is 0 Å². The van der Waals surface area contributed by atoms with Crippen LogP contribution in [0.1, 0.15) is 12.5 Å². The first kappa shape index (κ1) is 17.8. The molecule has 1 rings (SSSR count).